The highest BCUT2D eigenvalue weighted by molar-refractivity contribution is 7.83. The van der Waals surface area contributed by atoms with Crippen LogP contribution in [0.15, 0.2) is 24.3 Å². The molecule has 0 heterocycles. The third-order valence-corrected chi connectivity index (χ3v) is 1.95. The minimum absolute atomic E-state index is 0.840. The van der Waals surface area contributed by atoms with Crippen LogP contribution in [0.2, 0.25) is 5.02 Å². The zero-order valence-electron chi connectivity index (χ0n) is 7.44. The zero-order valence-corrected chi connectivity index (χ0v) is 9.01. The van der Waals surface area contributed by atoms with E-state index in [0.29, 0.717) is 0 Å². The number of hydrazine groups is 1. The maximum Gasteiger partial charge on any atom is 0.346 e. The van der Waals surface area contributed by atoms with Crippen molar-refractivity contribution in [2.24, 2.45) is 5.84 Å². The topological polar surface area (TPSA) is 92.4 Å². The Kier molecular flexibility index (Phi) is 5.66. The van der Waals surface area contributed by atoms with Crippen molar-refractivity contribution < 1.29 is 13.0 Å². The Labute approximate surface area is 87.7 Å². The van der Waals surface area contributed by atoms with Crippen molar-refractivity contribution in [3.8, 4) is 0 Å². The number of hydrogen-bond donors (Lipinski definition) is 3. The van der Waals surface area contributed by atoms with Gasteiger partial charge in [0, 0.05) is 5.02 Å². The standard InChI is InChI=1S/C7H7Cl.H4N2O3S/c1-6-4-2-3-5-7(6)8;1-2-6(3,4)5/h2-5H,1H3;2H,1H2,(H,3,4,5). The van der Waals surface area contributed by atoms with Crippen LogP contribution in [-0.4, -0.2) is 13.0 Å². The number of rotatable bonds is 1. The smallest absolute Gasteiger partial charge is 0.273 e. The first-order valence-electron chi connectivity index (χ1n) is 3.53. The van der Waals surface area contributed by atoms with E-state index in [2.05, 4.69) is 5.84 Å². The lowest BCUT2D eigenvalue weighted by atomic mass is 10.2. The van der Waals surface area contributed by atoms with Crippen molar-refractivity contribution in [1.82, 2.24) is 4.83 Å². The SMILES string of the molecule is Cc1ccccc1Cl.NNS(=O)(=O)O. The van der Waals surface area contributed by atoms with Crippen molar-refractivity contribution in [2.45, 2.75) is 6.92 Å². The molecule has 14 heavy (non-hydrogen) atoms. The highest BCUT2D eigenvalue weighted by Gasteiger charge is 1.92. The second kappa shape index (κ2) is 5.94. The van der Waals surface area contributed by atoms with Gasteiger partial charge in [-0.25, -0.2) is 0 Å². The first kappa shape index (κ1) is 13.3. The van der Waals surface area contributed by atoms with Gasteiger partial charge in [-0.15, -0.1) is 4.83 Å². The largest absolute Gasteiger partial charge is 0.346 e. The molecule has 1 rings (SSSR count). The lowest BCUT2D eigenvalue weighted by molar-refractivity contribution is 0.469. The molecule has 0 aliphatic rings. The fraction of sp³-hybridized carbons (Fsp3) is 0.143. The molecule has 0 aromatic heterocycles. The molecule has 7 heteroatoms. The second-order valence-electron chi connectivity index (χ2n) is 2.34. The maximum atomic E-state index is 9.32. The third kappa shape index (κ3) is 6.81. The average Bonchev–Trinajstić information content (AvgIpc) is 2.10. The Hall–Kier alpha value is -0.660. The summed E-state index contributed by atoms with van der Waals surface area (Å²) in [6, 6.07) is 7.77. The van der Waals surface area contributed by atoms with Gasteiger partial charge in [0.1, 0.15) is 0 Å². The number of nitrogens with one attached hydrogen (secondary N) is 1. The predicted octanol–water partition coefficient (Wildman–Crippen LogP) is 0.901. The highest BCUT2D eigenvalue weighted by atomic mass is 35.5. The zero-order chi connectivity index (χ0) is 11.2. The Morgan fingerprint density at radius 1 is 1.43 bits per heavy atom. The summed E-state index contributed by atoms with van der Waals surface area (Å²) in [6.07, 6.45) is 0. The Morgan fingerprint density at radius 2 is 1.86 bits per heavy atom. The molecule has 0 fully saturated rings. The normalized spacial score (nSPS) is 10.3. The minimum Gasteiger partial charge on any atom is -0.273 e. The van der Waals surface area contributed by atoms with Gasteiger partial charge in [0.05, 0.1) is 0 Å². The fourth-order valence-corrected chi connectivity index (χ4v) is 0.687. The van der Waals surface area contributed by atoms with Crippen LogP contribution >= 0.6 is 11.6 Å². The summed E-state index contributed by atoms with van der Waals surface area (Å²) in [7, 11) is -4.13. The highest BCUT2D eigenvalue weighted by Crippen LogP contribution is 2.11. The molecule has 0 bridgehead atoms. The van der Waals surface area contributed by atoms with E-state index in [0.717, 1.165) is 15.4 Å². The van der Waals surface area contributed by atoms with Gasteiger partial charge >= 0.3 is 10.3 Å². The molecular formula is C7H11ClN2O3S. The molecule has 0 atom stereocenters. The van der Waals surface area contributed by atoms with Crippen LogP contribution in [0.4, 0.5) is 0 Å². The van der Waals surface area contributed by atoms with E-state index in [1.807, 2.05) is 31.2 Å². The van der Waals surface area contributed by atoms with E-state index in [9.17, 15) is 8.42 Å². The van der Waals surface area contributed by atoms with Crippen molar-refractivity contribution in [3.05, 3.63) is 34.9 Å². The number of aryl methyl sites for hydroxylation is 1. The minimum atomic E-state index is -4.13. The Bertz CT molecular complexity index is 359. The van der Waals surface area contributed by atoms with E-state index in [1.54, 1.807) is 0 Å². The molecule has 80 valence electrons. The summed E-state index contributed by atoms with van der Waals surface area (Å²) in [5.74, 6) is 4.22. The summed E-state index contributed by atoms with van der Waals surface area (Å²) < 4.78 is 26.2. The van der Waals surface area contributed by atoms with E-state index in [-0.39, 0.29) is 0 Å². The molecule has 5 nitrogen and oxygen atoms in total. The third-order valence-electron chi connectivity index (χ3n) is 1.23. The van der Waals surface area contributed by atoms with E-state index >= 15 is 0 Å². The maximum absolute atomic E-state index is 9.32. The molecule has 4 N–H and O–H groups in total. The number of halogens is 1. The molecule has 0 unspecified atom stereocenters. The molecule has 1 aromatic rings. The fourth-order valence-electron chi connectivity index (χ4n) is 0.551. The van der Waals surface area contributed by atoms with Crippen molar-refractivity contribution >= 4 is 21.9 Å². The number of benzene rings is 1. The summed E-state index contributed by atoms with van der Waals surface area (Å²) in [5, 5.41) is 0.840. The molecule has 0 aliphatic heterocycles. The van der Waals surface area contributed by atoms with Crippen LogP contribution in [0.25, 0.3) is 0 Å². The van der Waals surface area contributed by atoms with Crippen LogP contribution in [0.1, 0.15) is 5.56 Å². The van der Waals surface area contributed by atoms with Gasteiger partial charge < -0.3 is 0 Å². The van der Waals surface area contributed by atoms with Gasteiger partial charge in [0.25, 0.3) is 0 Å². The van der Waals surface area contributed by atoms with Crippen LogP contribution in [0.5, 0.6) is 0 Å². The quantitative estimate of drug-likeness (QED) is 0.385. The molecule has 0 saturated carbocycles. The molecular weight excluding hydrogens is 228 g/mol. The predicted molar refractivity (Wildman–Crippen MR) is 55.1 cm³/mol. The van der Waals surface area contributed by atoms with Crippen molar-refractivity contribution in [2.75, 3.05) is 0 Å². The lowest BCUT2D eigenvalue weighted by Gasteiger charge is -1.90. The average molecular weight is 239 g/mol. The van der Waals surface area contributed by atoms with E-state index < -0.39 is 10.3 Å². The van der Waals surface area contributed by atoms with E-state index in [1.165, 1.54) is 0 Å². The molecule has 0 saturated heterocycles. The Balaban J connectivity index is 0.000000255. The number of nitrogens with two attached hydrogens (primary N) is 1. The molecule has 0 aliphatic carbocycles. The summed E-state index contributed by atoms with van der Waals surface area (Å²) in [6.45, 7) is 1.99. The van der Waals surface area contributed by atoms with Crippen LogP contribution in [-0.2, 0) is 10.3 Å². The van der Waals surface area contributed by atoms with Gasteiger partial charge in [0.2, 0.25) is 0 Å². The summed E-state index contributed by atoms with van der Waals surface area (Å²) in [5.41, 5.74) is 1.13. The first-order valence-corrected chi connectivity index (χ1v) is 5.34. The van der Waals surface area contributed by atoms with Gasteiger partial charge in [-0.05, 0) is 18.6 Å². The Morgan fingerprint density at radius 3 is 2.07 bits per heavy atom. The molecule has 0 amide bonds. The van der Waals surface area contributed by atoms with Crippen molar-refractivity contribution in [1.29, 1.82) is 0 Å². The monoisotopic (exact) mass is 238 g/mol. The van der Waals surface area contributed by atoms with Gasteiger partial charge in [0.15, 0.2) is 0 Å². The lowest BCUT2D eigenvalue weighted by Crippen LogP contribution is -2.29. The van der Waals surface area contributed by atoms with Gasteiger partial charge in [-0.1, -0.05) is 29.8 Å². The van der Waals surface area contributed by atoms with Crippen molar-refractivity contribution in [3.63, 3.8) is 0 Å². The molecule has 0 radical (unpaired) electrons. The van der Waals surface area contributed by atoms with Crippen LogP contribution in [0, 0.1) is 6.92 Å². The molecule has 1 aromatic carbocycles. The molecule has 0 spiro atoms. The van der Waals surface area contributed by atoms with Crippen LogP contribution in [0.3, 0.4) is 0 Å². The van der Waals surface area contributed by atoms with E-state index in [4.69, 9.17) is 16.2 Å². The van der Waals surface area contributed by atoms with Crippen LogP contribution < -0.4 is 10.7 Å². The number of hydrogen-bond acceptors (Lipinski definition) is 3. The van der Waals surface area contributed by atoms with Gasteiger partial charge in [-0.2, -0.15) is 8.42 Å². The summed E-state index contributed by atoms with van der Waals surface area (Å²) >= 11 is 5.71. The van der Waals surface area contributed by atoms with Gasteiger partial charge in [-0.3, -0.25) is 10.4 Å². The first-order chi connectivity index (χ1) is 6.37. The second-order valence-corrected chi connectivity index (χ2v) is 3.94. The summed E-state index contributed by atoms with van der Waals surface area (Å²) in [4.78, 5) is 1.13.